The smallest absolute Gasteiger partial charge is 0.408 e. The van der Waals surface area contributed by atoms with Crippen LogP contribution in [0, 0.1) is 0 Å². The number of fused-ring (bicyclic) bond motifs is 1. The molecule has 0 atom stereocenters. The monoisotopic (exact) mass is 363 g/mol. The molecule has 0 saturated carbocycles. The number of nitrogens with one attached hydrogen (secondary N) is 2. The van der Waals surface area contributed by atoms with Gasteiger partial charge >= 0.3 is 11.4 Å². The number of hydrogen-bond acceptors (Lipinski definition) is 4. The van der Waals surface area contributed by atoms with E-state index in [2.05, 4.69) is 21.9 Å². The van der Waals surface area contributed by atoms with E-state index in [9.17, 15) is 9.59 Å². The number of hydrogen-bond donors (Lipinski definition) is 2. The van der Waals surface area contributed by atoms with Crippen LogP contribution in [-0.4, -0.2) is 15.0 Å². The standard InChI is InChI=1S/C19H15N3O3.C2H6/c1-2-11-5-3-4-6-13(11)16-10-15(20-18(23)21-16)12-7-8-14-17(9-12)25-19(24)22-14;1-2/h3-10H,2H2,1H3,(H,22,24)(H,20,21,23);1-2H3. The molecule has 0 radical (unpaired) electrons. The van der Waals surface area contributed by atoms with E-state index in [1.165, 1.54) is 0 Å². The van der Waals surface area contributed by atoms with Crippen LogP contribution in [0.3, 0.4) is 0 Å². The molecular weight excluding hydrogens is 342 g/mol. The van der Waals surface area contributed by atoms with Crippen LogP contribution in [0.2, 0.25) is 0 Å². The van der Waals surface area contributed by atoms with Crippen LogP contribution < -0.4 is 11.4 Å². The molecule has 0 saturated heterocycles. The Morgan fingerprint density at radius 1 is 1.00 bits per heavy atom. The van der Waals surface area contributed by atoms with Gasteiger partial charge in [-0.1, -0.05) is 51.1 Å². The lowest BCUT2D eigenvalue weighted by molar-refractivity contribution is 0.555. The molecule has 0 unspecified atom stereocenters. The number of aromatic nitrogens is 3. The van der Waals surface area contributed by atoms with Gasteiger partial charge in [-0.05, 0) is 30.2 Å². The first-order valence-corrected chi connectivity index (χ1v) is 8.97. The highest BCUT2D eigenvalue weighted by atomic mass is 16.4. The lowest BCUT2D eigenvalue weighted by Crippen LogP contribution is -2.12. The first-order chi connectivity index (χ1) is 13.1. The fourth-order valence-corrected chi connectivity index (χ4v) is 2.95. The van der Waals surface area contributed by atoms with Crippen molar-refractivity contribution in [2.45, 2.75) is 27.2 Å². The third-order valence-corrected chi connectivity index (χ3v) is 4.15. The minimum atomic E-state index is -0.511. The number of aryl methyl sites for hydroxylation is 1. The van der Waals surface area contributed by atoms with E-state index in [0.29, 0.717) is 28.1 Å². The van der Waals surface area contributed by atoms with Crippen LogP contribution >= 0.6 is 0 Å². The van der Waals surface area contributed by atoms with Gasteiger partial charge in [0.2, 0.25) is 0 Å². The predicted octanol–water partition coefficient (Wildman–Crippen LogP) is 4.13. The zero-order valence-corrected chi connectivity index (χ0v) is 15.5. The first-order valence-electron chi connectivity index (χ1n) is 8.97. The molecule has 2 aromatic heterocycles. The van der Waals surface area contributed by atoms with Crippen LogP contribution in [0.4, 0.5) is 0 Å². The molecule has 4 aromatic rings. The summed E-state index contributed by atoms with van der Waals surface area (Å²) in [4.78, 5) is 32.8. The summed E-state index contributed by atoms with van der Waals surface area (Å²) < 4.78 is 5.09. The summed E-state index contributed by atoms with van der Waals surface area (Å²) in [6, 6.07) is 15.0. The molecule has 4 rings (SSSR count). The second-order valence-corrected chi connectivity index (χ2v) is 5.72. The van der Waals surface area contributed by atoms with E-state index < -0.39 is 11.4 Å². The molecule has 2 aromatic carbocycles. The van der Waals surface area contributed by atoms with E-state index in [4.69, 9.17) is 4.42 Å². The van der Waals surface area contributed by atoms with Gasteiger partial charge in [-0.15, -0.1) is 0 Å². The van der Waals surface area contributed by atoms with Crippen molar-refractivity contribution in [3.63, 3.8) is 0 Å². The number of nitrogens with zero attached hydrogens (tertiary/aromatic N) is 1. The van der Waals surface area contributed by atoms with Crippen LogP contribution in [-0.2, 0) is 6.42 Å². The number of oxazole rings is 1. The van der Waals surface area contributed by atoms with Gasteiger partial charge in [0.05, 0.1) is 16.9 Å². The topological polar surface area (TPSA) is 91.8 Å². The number of H-pyrrole nitrogens is 2. The van der Waals surface area contributed by atoms with Crippen LogP contribution in [0.1, 0.15) is 26.3 Å². The Morgan fingerprint density at radius 2 is 1.78 bits per heavy atom. The third-order valence-electron chi connectivity index (χ3n) is 4.15. The average molecular weight is 363 g/mol. The maximum absolute atomic E-state index is 12.1. The van der Waals surface area contributed by atoms with Gasteiger partial charge in [-0.2, -0.15) is 4.98 Å². The van der Waals surface area contributed by atoms with Crippen molar-refractivity contribution in [1.29, 1.82) is 0 Å². The average Bonchev–Trinajstić information content (AvgIpc) is 3.08. The summed E-state index contributed by atoms with van der Waals surface area (Å²) in [5.41, 5.74) is 4.67. The quantitative estimate of drug-likeness (QED) is 0.572. The highest BCUT2D eigenvalue weighted by Gasteiger charge is 2.10. The molecule has 0 aliphatic carbocycles. The van der Waals surface area contributed by atoms with E-state index in [1.807, 2.05) is 44.2 Å². The van der Waals surface area contributed by atoms with Crippen molar-refractivity contribution < 1.29 is 4.42 Å². The predicted molar refractivity (Wildman–Crippen MR) is 107 cm³/mol. The molecule has 138 valence electrons. The Hall–Kier alpha value is -3.41. The highest BCUT2D eigenvalue weighted by molar-refractivity contribution is 5.80. The van der Waals surface area contributed by atoms with Gasteiger partial charge in [-0.3, -0.25) is 4.98 Å². The molecule has 27 heavy (non-hydrogen) atoms. The van der Waals surface area contributed by atoms with Crippen molar-refractivity contribution >= 4 is 11.1 Å². The van der Waals surface area contributed by atoms with Crippen LogP contribution in [0.25, 0.3) is 33.6 Å². The second kappa shape index (κ2) is 7.86. The van der Waals surface area contributed by atoms with Gasteiger partial charge in [0.1, 0.15) is 0 Å². The summed E-state index contributed by atoms with van der Waals surface area (Å²) in [7, 11) is 0. The van der Waals surface area contributed by atoms with E-state index in [1.54, 1.807) is 18.2 Å². The molecule has 0 spiro atoms. The molecule has 0 aliphatic heterocycles. The first kappa shape index (κ1) is 18.4. The SMILES string of the molecule is CC.CCc1ccccc1-c1cc(-c2ccc3[nH]c(=O)oc3c2)nc(=O)[nH]1. The van der Waals surface area contributed by atoms with E-state index in [0.717, 1.165) is 17.5 Å². The summed E-state index contributed by atoms with van der Waals surface area (Å²) in [6.45, 7) is 6.07. The number of rotatable bonds is 3. The largest absolute Gasteiger partial charge is 0.417 e. The molecular formula is C21H21N3O3. The number of benzene rings is 2. The summed E-state index contributed by atoms with van der Waals surface area (Å²) in [5.74, 6) is -0.511. The number of aromatic amines is 2. The second-order valence-electron chi connectivity index (χ2n) is 5.72. The molecule has 0 fully saturated rings. The molecule has 2 N–H and O–H groups in total. The van der Waals surface area contributed by atoms with Gasteiger partial charge in [0.15, 0.2) is 5.58 Å². The van der Waals surface area contributed by atoms with Crippen molar-refractivity contribution in [2.75, 3.05) is 0 Å². The van der Waals surface area contributed by atoms with Gasteiger partial charge in [0.25, 0.3) is 0 Å². The fraction of sp³-hybridized carbons (Fsp3) is 0.190. The normalized spacial score (nSPS) is 10.5. The van der Waals surface area contributed by atoms with Crippen molar-refractivity contribution in [3.8, 4) is 22.5 Å². The fourth-order valence-electron chi connectivity index (χ4n) is 2.95. The van der Waals surface area contributed by atoms with E-state index in [-0.39, 0.29) is 0 Å². The Labute approximate surface area is 155 Å². The maximum Gasteiger partial charge on any atom is 0.417 e. The van der Waals surface area contributed by atoms with E-state index >= 15 is 0 Å². The van der Waals surface area contributed by atoms with Crippen LogP contribution in [0.5, 0.6) is 0 Å². The lowest BCUT2D eigenvalue weighted by Gasteiger charge is -2.09. The van der Waals surface area contributed by atoms with Gasteiger partial charge in [0, 0.05) is 11.1 Å². The minimum Gasteiger partial charge on any atom is -0.408 e. The molecule has 6 nitrogen and oxygen atoms in total. The maximum atomic E-state index is 12.1. The Kier molecular flexibility index (Phi) is 5.35. The summed E-state index contributed by atoms with van der Waals surface area (Å²) >= 11 is 0. The molecule has 0 aliphatic rings. The lowest BCUT2D eigenvalue weighted by atomic mass is 10.0. The van der Waals surface area contributed by atoms with Gasteiger partial charge < -0.3 is 9.40 Å². The summed E-state index contributed by atoms with van der Waals surface area (Å²) in [6.07, 6.45) is 0.857. The van der Waals surface area contributed by atoms with Crippen molar-refractivity contribution in [1.82, 2.24) is 15.0 Å². The third kappa shape index (κ3) is 3.74. The Balaban J connectivity index is 0.00000102. The molecule has 2 heterocycles. The zero-order valence-electron chi connectivity index (χ0n) is 15.5. The molecule has 6 heteroatoms. The summed E-state index contributed by atoms with van der Waals surface area (Å²) in [5, 5.41) is 0. The highest BCUT2D eigenvalue weighted by Crippen LogP contribution is 2.26. The Morgan fingerprint density at radius 3 is 2.56 bits per heavy atom. The molecule has 0 amide bonds. The Bertz CT molecular complexity index is 1180. The molecule has 0 bridgehead atoms. The van der Waals surface area contributed by atoms with Crippen molar-refractivity contribution in [3.05, 3.63) is 75.1 Å². The van der Waals surface area contributed by atoms with Crippen LogP contribution in [0.15, 0.2) is 62.5 Å². The van der Waals surface area contributed by atoms with Gasteiger partial charge in [-0.25, -0.2) is 9.59 Å². The van der Waals surface area contributed by atoms with Crippen molar-refractivity contribution in [2.24, 2.45) is 0 Å². The zero-order chi connectivity index (χ0) is 19.4. The minimum absolute atomic E-state index is 0.422.